The number of hydrogen-bond acceptors (Lipinski definition) is 3. The van der Waals surface area contributed by atoms with Crippen molar-refractivity contribution in [1.29, 1.82) is 0 Å². The summed E-state index contributed by atoms with van der Waals surface area (Å²) >= 11 is 0. The topological polar surface area (TPSA) is 31.4 Å². The van der Waals surface area contributed by atoms with Crippen molar-refractivity contribution in [2.75, 3.05) is 0 Å². The minimum absolute atomic E-state index is 0.732. The maximum Gasteiger partial charge on any atom is 0.406 e. The summed E-state index contributed by atoms with van der Waals surface area (Å²) in [4.78, 5) is 4.31. The van der Waals surface area contributed by atoms with Crippen molar-refractivity contribution >= 4 is 17.5 Å². The van der Waals surface area contributed by atoms with Crippen LogP contribution in [0.25, 0.3) is 0 Å². The van der Waals surface area contributed by atoms with Gasteiger partial charge in [0.2, 0.25) is 0 Å². The van der Waals surface area contributed by atoms with Crippen LogP contribution >= 0.6 is 0 Å². The van der Waals surface area contributed by atoms with Crippen molar-refractivity contribution in [2.24, 2.45) is 0 Å². The molecule has 22 heavy (non-hydrogen) atoms. The molecule has 0 N–H and O–H groups in total. The first-order valence-corrected chi connectivity index (χ1v) is 7.38. The predicted octanol–water partition coefficient (Wildman–Crippen LogP) is 2.42. The van der Waals surface area contributed by atoms with E-state index in [-0.39, 0.29) is 0 Å². The molecule has 2 aromatic carbocycles. The van der Waals surface area contributed by atoms with Crippen LogP contribution in [-0.4, -0.2) is 11.5 Å². The van der Waals surface area contributed by atoms with Gasteiger partial charge >= 0.3 is 6.55 Å². The maximum atomic E-state index is 6.38. The van der Waals surface area contributed by atoms with Gasteiger partial charge in [-0.2, -0.15) is 0 Å². The van der Waals surface area contributed by atoms with Crippen molar-refractivity contribution in [3.05, 3.63) is 78.6 Å². The Morgan fingerprint density at radius 2 is 1.36 bits per heavy atom. The first-order chi connectivity index (χ1) is 10.8. The Hall–Kier alpha value is -2.75. The van der Waals surface area contributed by atoms with E-state index in [1.54, 1.807) is 6.20 Å². The van der Waals surface area contributed by atoms with Crippen molar-refractivity contribution in [1.82, 2.24) is 4.98 Å². The van der Waals surface area contributed by atoms with Gasteiger partial charge in [-0.1, -0.05) is 60.7 Å². The fourth-order valence-electron chi connectivity index (χ4n) is 3.01. The molecule has 0 aliphatic carbocycles. The Balaban J connectivity index is 1.92. The molecule has 0 bridgehead atoms. The molecule has 0 atom stereocenters. The van der Waals surface area contributed by atoms with Gasteiger partial charge in [-0.25, -0.2) is 0 Å². The summed E-state index contributed by atoms with van der Waals surface area (Å²) < 4.78 is 12.7. The summed E-state index contributed by atoms with van der Waals surface area (Å²) in [5.41, 5.74) is 2.88. The Kier molecular flexibility index (Phi) is 2.89. The van der Waals surface area contributed by atoms with Gasteiger partial charge < -0.3 is 9.31 Å². The molecule has 108 valence electrons. The Bertz CT molecular complexity index is 766. The van der Waals surface area contributed by atoms with Crippen LogP contribution in [0, 0.1) is 6.92 Å². The van der Waals surface area contributed by atoms with E-state index in [1.165, 1.54) is 0 Å². The van der Waals surface area contributed by atoms with E-state index >= 15 is 0 Å². The lowest BCUT2D eigenvalue weighted by molar-refractivity contribution is 0.492. The SMILES string of the molecule is Cc1nccc2c1O[B-](c1ccccc1)(c1ccccc1)O2. The quantitative estimate of drug-likeness (QED) is 0.679. The number of hydrogen-bond donors (Lipinski definition) is 0. The van der Waals surface area contributed by atoms with Crippen LogP contribution in [0.15, 0.2) is 72.9 Å². The van der Waals surface area contributed by atoms with E-state index in [0.29, 0.717) is 0 Å². The highest BCUT2D eigenvalue weighted by atomic mass is 16.6. The van der Waals surface area contributed by atoms with E-state index in [4.69, 9.17) is 9.31 Å². The van der Waals surface area contributed by atoms with Gasteiger partial charge in [0.15, 0.2) is 0 Å². The molecule has 4 heteroatoms. The fraction of sp³-hybridized carbons (Fsp3) is 0.0556. The van der Waals surface area contributed by atoms with Gasteiger partial charge in [0, 0.05) is 6.20 Å². The molecule has 3 aromatic rings. The molecule has 0 amide bonds. The number of fused-ring (bicyclic) bond motifs is 1. The second kappa shape index (κ2) is 4.91. The second-order valence-corrected chi connectivity index (χ2v) is 5.49. The average molecular weight is 288 g/mol. The summed E-state index contributed by atoms with van der Waals surface area (Å²) in [6.45, 7) is 0.165. The minimum atomic E-state index is -1.77. The van der Waals surface area contributed by atoms with Crippen LogP contribution in [0.2, 0.25) is 0 Å². The van der Waals surface area contributed by atoms with Crippen molar-refractivity contribution in [3.8, 4) is 11.5 Å². The highest BCUT2D eigenvalue weighted by Crippen LogP contribution is 2.38. The molecular weight excluding hydrogens is 273 g/mol. The normalized spacial score (nSPS) is 14.8. The van der Waals surface area contributed by atoms with E-state index in [9.17, 15) is 0 Å². The van der Waals surface area contributed by atoms with Gasteiger partial charge in [0.25, 0.3) is 0 Å². The molecule has 1 aliphatic heterocycles. The van der Waals surface area contributed by atoms with Crippen LogP contribution in [0.5, 0.6) is 11.5 Å². The summed E-state index contributed by atoms with van der Waals surface area (Å²) in [5.74, 6) is 1.48. The van der Waals surface area contributed by atoms with Crippen LogP contribution < -0.4 is 20.2 Å². The molecular formula is C18H15BNO2-. The van der Waals surface area contributed by atoms with Crippen LogP contribution in [-0.2, 0) is 0 Å². The molecule has 4 rings (SSSR count). The number of benzene rings is 2. The molecule has 0 saturated heterocycles. The van der Waals surface area contributed by atoms with E-state index in [0.717, 1.165) is 28.1 Å². The molecule has 0 unspecified atom stereocenters. The van der Waals surface area contributed by atoms with Gasteiger partial charge in [-0.05, 0) is 13.0 Å². The van der Waals surface area contributed by atoms with E-state index in [1.807, 2.05) is 73.7 Å². The Morgan fingerprint density at radius 1 is 0.773 bits per heavy atom. The standard InChI is InChI=1S/C18H15BNO2/c1-14-18-17(12-13-20-14)21-19(22-18,15-8-4-2-5-9-15)16-10-6-3-7-11-16/h2-13H,1H3/q-1. The van der Waals surface area contributed by atoms with Crippen LogP contribution in [0.1, 0.15) is 5.69 Å². The second-order valence-electron chi connectivity index (χ2n) is 5.49. The number of aryl methyl sites for hydroxylation is 1. The summed E-state index contributed by atoms with van der Waals surface area (Å²) in [5, 5.41) is 0. The third-order valence-corrected chi connectivity index (χ3v) is 4.10. The minimum Gasteiger partial charge on any atom is -0.673 e. The molecule has 2 heterocycles. The summed E-state index contributed by atoms with van der Waals surface area (Å²) in [6.07, 6.45) is 1.75. The van der Waals surface area contributed by atoms with Crippen LogP contribution in [0.3, 0.4) is 0 Å². The maximum absolute atomic E-state index is 6.38. The first kappa shape index (κ1) is 13.0. The highest BCUT2D eigenvalue weighted by molar-refractivity contribution is 6.94. The van der Waals surface area contributed by atoms with Crippen molar-refractivity contribution in [3.63, 3.8) is 0 Å². The zero-order chi connectivity index (χ0) is 15.0. The zero-order valence-electron chi connectivity index (χ0n) is 12.3. The van der Waals surface area contributed by atoms with Gasteiger partial charge in [0.1, 0.15) is 11.5 Å². The lowest BCUT2D eigenvalue weighted by Gasteiger charge is -2.37. The largest absolute Gasteiger partial charge is 0.673 e. The number of aromatic nitrogens is 1. The molecule has 0 radical (unpaired) electrons. The third kappa shape index (κ3) is 1.88. The van der Waals surface area contributed by atoms with Crippen molar-refractivity contribution < 1.29 is 9.31 Å². The van der Waals surface area contributed by atoms with Crippen LogP contribution in [0.4, 0.5) is 0 Å². The number of nitrogens with zero attached hydrogens (tertiary/aromatic N) is 1. The molecule has 1 aromatic heterocycles. The molecule has 3 nitrogen and oxygen atoms in total. The van der Waals surface area contributed by atoms with Gasteiger partial charge in [-0.15, -0.1) is 10.9 Å². The molecule has 0 spiro atoms. The summed E-state index contributed by atoms with van der Waals surface area (Å²) in [7, 11) is 0. The molecule has 0 fully saturated rings. The lowest BCUT2D eigenvalue weighted by Crippen LogP contribution is -2.66. The third-order valence-electron chi connectivity index (χ3n) is 4.10. The molecule has 1 aliphatic rings. The Labute approximate surface area is 129 Å². The highest BCUT2D eigenvalue weighted by Gasteiger charge is 2.41. The molecule has 0 saturated carbocycles. The first-order valence-electron chi connectivity index (χ1n) is 7.38. The van der Waals surface area contributed by atoms with Crippen molar-refractivity contribution in [2.45, 2.75) is 6.92 Å². The number of rotatable bonds is 2. The lowest BCUT2D eigenvalue weighted by atomic mass is 9.46. The zero-order valence-corrected chi connectivity index (χ0v) is 12.3. The monoisotopic (exact) mass is 288 g/mol. The van der Waals surface area contributed by atoms with E-state index < -0.39 is 6.55 Å². The van der Waals surface area contributed by atoms with E-state index in [2.05, 4.69) is 4.98 Å². The summed E-state index contributed by atoms with van der Waals surface area (Å²) in [6, 6.07) is 22.0. The average Bonchev–Trinajstić information content (AvgIpc) is 2.99. The van der Waals surface area contributed by atoms with Gasteiger partial charge in [-0.3, -0.25) is 4.98 Å². The fourth-order valence-corrected chi connectivity index (χ4v) is 3.01. The Morgan fingerprint density at radius 3 is 1.91 bits per heavy atom. The smallest absolute Gasteiger partial charge is 0.406 e. The predicted molar refractivity (Wildman–Crippen MR) is 88.1 cm³/mol. The number of pyridine rings is 1. The van der Waals surface area contributed by atoms with Gasteiger partial charge in [0.05, 0.1) is 5.69 Å².